The van der Waals surface area contributed by atoms with Crippen LogP contribution in [-0.2, 0) is 20.1 Å². The van der Waals surface area contributed by atoms with E-state index in [-0.39, 0.29) is 5.91 Å². The zero-order chi connectivity index (χ0) is 13.8. The Labute approximate surface area is 110 Å². The Bertz CT molecular complexity index is 560. The summed E-state index contributed by atoms with van der Waals surface area (Å²) in [5.74, 6) is 5.37. The Morgan fingerprint density at radius 2 is 2.37 bits per heavy atom. The number of nitrogens with zero attached hydrogens (tertiary/aromatic N) is 3. The van der Waals surface area contributed by atoms with Gasteiger partial charge in [-0.25, -0.2) is 5.84 Å². The number of hydrazine groups is 1. The average Bonchev–Trinajstić information content (AvgIpc) is 2.97. The molecular weight excluding hydrogens is 246 g/mol. The number of hydrogen-bond donors (Lipinski definition) is 2. The normalized spacial score (nSPS) is 10.9. The van der Waals surface area contributed by atoms with Crippen molar-refractivity contribution in [3.63, 3.8) is 0 Å². The Balaban J connectivity index is 2.01. The molecule has 19 heavy (non-hydrogen) atoms. The van der Waals surface area contributed by atoms with Gasteiger partial charge in [0.2, 0.25) is 0 Å². The lowest BCUT2D eigenvalue weighted by atomic mass is 10.2. The summed E-state index contributed by atoms with van der Waals surface area (Å²) in [7, 11) is 3.82. The highest BCUT2D eigenvalue weighted by Gasteiger charge is 2.15. The summed E-state index contributed by atoms with van der Waals surface area (Å²) < 4.78 is 7.08. The molecule has 0 bridgehead atoms. The zero-order valence-electron chi connectivity index (χ0n) is 11.0. The zero-order valence-corrected chi connectivity index (χ0v) is 11.0. The predicted molar refractivity (Wildman–Crippen MR) is 68.7 cm³/mol. The summed E-state index contributed by atoms with van der Waals surface area (Å²) in [4.78, 5) is 13.5. The fourth-order valence-corrected chi connectivity index (χ4v) is 1.91. The summed E-state index contributed by atoms with van der Waals surface area (Å²) in [6, 6.07) is 1.61. The van der Waals surface area contributed by atoms with Crippen LogP contribution < -0.4 is 11.3 Å². The van der Waals surface area contributed by atoms with Crippen molar-refractivity contribution in [2.45, 2.75) is 13.1 Å². The average molecular weight is 263 g/mol. The smallest absolute Gasteiger partial charge is 0.268 e. The molecule has 0 radical (unpaired) electrons. The van der Waals surface area contributed by atoms with E-state index in [0.29, 0.717) is 17.9 Å². The van der Waals surface area contributed by atoms with Crippen molar-refractivity contribution in [2.24, 2.45) is 12.9 Å². The number of aromatic nitrogens is 2. The van der Waals surface area contributed by atoms with E-state index in [1.165, 1.54) is 6.26 Å². The van der Waals surface area contributed by atoms with Gasteiger partial charge in [-0.3, -0.25) is 19.8 Å². The maximum Gasteiger partial charge on any atom is 0.268 e. The van der Waals surface area contributed by atoms with Crippen LogP contribution >= 0.6 is 0 Å². The molecule has 7 heteroatoms. The third-order valence-corrected chi connectivity index (χ3v) is 2.75. The molecule has 2 heterocycles. The van der Waals surface area contributed by atoms with Crippen molar-refractivity contribution < 1.29 is 9.21 Å². The first-order chi connectivity index (χ1) is 9.10. The molecule has 1 amide bonds. The van der Waals surface area contributed by atoms with Gasteiger partial charge in [-0.2, -0.15) is 5.10 Å². The van der Waals surface area contributed by atoms with Crippen LogP contribution in [0.4, 0.5) is 0 Å². The van der Waals surface area contributed by atoms with Crippen LogP contribution in [0.1, 0.15) is 21.7 Å². The lowest BCUT2D eigenvalue weighted by molar-refractivity contribution is 0.0950. The van der Waals surface area contributed by atoms with Crippen LogP contribution in [0.15, 0.2) is 29.1 Å². The van der Waals surface area contributed by atoms with E-state index in [0.717, 1.165) is 12.1 Å². The molecule has 2 aromatic heterocycles. The van der Waals surface area contributed by atoms with Crippen LogP contribution in [0.5, 0.6) is 0 Å². The van der Waals surface area contributed by atoms with E-state index >= 15 is 0 Å². The maximum atomic E-state index is 11.5. The number of hydrogen-bond acceptors (Lipinski definition) is 5. The predicted octanol–water partition coefficient (Wildman–Crippen LogP) is 0.249. The highest BCUT2D eigenvalue weighted by atomic mass is 16.3. The van der Waals surface area contributed by atoms with Crippen LogP contribution in [-0.4, -0.2) is 27.6 Å². The summed E-state index contributed by atoms with van der Waals surface area (Å²) in [6.07, 6.45) is 5.25. The van der Waals surface area contributed by atoms with Gasteiger partial charge in [-0.05, 0) is 13.1 Å². The SMILES string of the molecule is CN(Cc1cnn(C)c1)Cc1occc1C(=O)NN. The molecule has 2 aromatic rings. The Kier molecular flexibility index (Phi) is 3.98. The van der Waals surface area contributed by atoms with Gasteiger partial charge in [-0.15, -0.1) is 0 Å². The van der Waals surface area contributed by atoms with E-state index in [9.17, 15) is 4.79 Å². The molecule has 0 fully saturated rings. The number of furan rings is 1. The Morgan fingerprint density at radius 1 is 1.58 bits per heavy atom. The topological polar surface area (TPSA) is 89.3 Å². The molecule has 0 aliphatic heterocycles. The van der Waals surface area contributed by atoms with Crippen LogP contribution in [0.3, 0.4) is 0 Å². The number of rotatable bonds is 5. The molecule has 0 aliphatic carbocycles. The first-order valence-corrected chi connectivity index (χ1v) is 5.83. The highest BCUT2D eigenvalue weighted by molar-refractivity contribution is 5.94. The summed E-state index contributed by atoms with van der Waals surface area (Å²) in [5, 5.41) is 4.11. The van der Waals surface area contributed by atoms with Gasteiger partial charge in [0.15, 0.2) is 0 Å². The fraction of sp³-hybridized carbons (Fsp3) is 0.333. The van der Waals surface area contributed by atoms with Gasteiger partial charge < -0.3 is 4.42 Å². The summed E-state index contributed by atoms with van der Waals surface area (Å²) in [6.45, 7) is 1.24. The number of amides is 1. The third-order valence-electron chi connectivity index (χ3n) is 2.75. The molecule has 0 atom stereocenters. The van der Waals surface area contributed by atoms with E-state index in [4.69, 9.17) is 10.3 Å². The summed E-state index contributed by atoms with van der Waals surface area (Å²) >= 11 is 0. The van der Waals surface area contributed by atoms with Crippen LogP contribution in [0, 0.1) is 0 Å². The fourth-order valence-electron chi connectivity index (χ4n) is 1.91. The molecule has 0 saturated heterocycles. The third kappa shape index (κ3) is 3.21. The highest BCUT2D eigenvalue weighted by Crippen LogP contribution is 2.14. The minimum atomic E-state index is -0.349. The van der Waals surface area contributed by atoms with Crippen molar-refractivity contribution in [1.29, 1.82) is 0 Å². The van der Waals surface area contributed by atoms with Crippen LogP contribution in [0.25, 0.3) is 0 Å². The van der Waals surface area contributed by atoms with Crippen molar-refractivity contribution in [1.82, 2.24) is 20.1 Å². The minimum Gasteiger partial charge on any atom is -0.467 e. The van der Waals surface area contributed by atoms with Crippen LogP contribution in [0.2, 0.25) is 0 Å². The van der Waals surface area contributed by atoms with E-state index in [1.54, 1.807) is 10.7 Å². The first kappa shape index (κ1) is 13.3. The Hall–Kier alpha value is -2.12. The molecule has 3 N–H and O–H groups in total. The monoisotopic (exact) mass is 263 g/mol. The summed E-state index contributed by atoms with van der Waals surface area (Å²) in [5.41, 5.74) is 3.66. The number of carbonyl (C=O) groups excluding carboxylic acids is 1. The standard InChI is InChI=1S/C12H17N5O2/c1-16(6-9-5-14-17(2)7-9)8-11-10(3-4-19-11)12(18)15-13/h3-5,7H,6,8,13H2,1-2H3,(H,15,18). The molecule has 102 valence electrons. The number of carbonyl (C=O) groups is 1. The number of nitrogens with two attached hydrogens (primary N) is 1. The quantitative estimate of drug-likeness (QED) is 0.458. The first-order valence-electron chi connectivity index (χ1n) is 5.83. The molecule has 0 aliphatic rings. The maximum absolute atomic E-state index is 11.5. The largest absolute Gasteiger partial charge is 0.467 e. The van der Waals surface area contributed by atoms with Crippen molar-refractivity contribution in [3.05, 3.63) is 41.6 Å². The van der Waals surface area contributed by atoms with Gasteiger partial charge in [0.1, 0.15) is 5.76 Å². The number of aryl methyl sites for hydroxylation is 1. The number of nitrogens with one attached hydrogen (secondary N) is 1. The lowest BCUT2D eigenvalue weighted by Gasteiger charge is -2.14. The molecule has 7 nitrogen and oxygen atoms in total. The minimum absolute atomic E-state index is 0.349. The van der Waals surface area contributed by atoms with Gasteiger partial charge in [0, 0.05) is 25.4 Å². The molecular formula is C12H17N5O2. The van der Waals surface area contributed by atoms with Crippen molar-refractivity contribution in [3.8, 4) is 0 Å². The van der Waals surface area contributed by atoms with Gasteiger partial charge >= 0.3 is 0 Å². The molecule has 2 rings (SSSR count). The molecule has 0 saturated carbocycles. The number of nitrogen functional groups attached to an aromatic ring is 1. The van der Waals surface area contributed by atoms with Crippen molar-refractivity contribution in [2.75, 3.05) is 7.05 Å². The van der Waals surface area contributed by atoms with Gasteiger partial charge in [0.05, 0.1) is 24.6 Å². The van der Waals surface area contributed by atoms with Crippen molar-refractivity contribution >= 4 is 5.91 Å². The second kappa shape index (κ2) is 5.68. The van der Waals surface area contributed by atoms with Gasteiger partial charge in [0.25, 0.3) is 5.91 Å². The Morgan fingerprint density at radius 3 is 3.00 bits per heavy atom. The van der Waals surface area contributed by atoms with Gasteiger partial charge in [-0.1, -0.05) is 0 Å². The second-order valence-electron chi connectivity index (χ2n) is 4.43. The molecule has 0 aromatic carbocycles. The van der Waals surface area contributed by atoms with E-state index in [1.807, 2.05) is 31.4 Å². The van der Waals surface area contributed by atoms with E-state index in [2.05, 4.69) is 10.5 Å². The van der Waals surface area contributed by atoms with E-state index < -0.39 is 0 Å². The second-order valence-corrected chi connectivity index (χ2v) is 4.43. The molecule has 0 unspecified atom stereocenters. The molecule has 0 spiro atoms. The lowest BCUT2D eigenvalue weighted by Crippen LogP contribution is -2.31.